The van der Waals surface area contributed by atoms with Crippen LogP contribution in [0.2, 0.25) is 0 Å². The average Bonchev–Trinajstić information content (AvgIpc) is 3.21. The van der Waals surface area contributed by atoms with Crippen molar-refractivity contribution >= 4 is 17.9 Å². The van der Waals surface area contributed by atoms with Crippen LogP contribution in [0.15, 0.2) is 60.8 Å². The Morgan fingerprint density at radius 2 is 1.80 bits per heavy atom. The summed E-state index contributed by atoms with van der Waals surface area (Å²) in [7, 11) is 0. The molecule has 7 nitrogen and oxygen atoms in total. The molecule has 35 heavy (non-hydrogen) atoms. The number of benzene rings is 2. The van der Waals surface area contributed by atoms with E-state index in [0.717, 1.165) is 17.1 Å². The van der Waals surface area contributed by atoms with Crippen LogP contribution in [0.1, 0.15) is 58.7 Å². The number of anilines is 2. The Kier molecular flexibility index (Phi) is 6.96. The summed E-state index contributed by atoms with van der Waals surface area (Å²) < 4.78 is 11.3. The maximum atomic E-state index is 12.3. The van der Waals surface area contributed by atoms with Gasteiger partial charge >= 0.3 is 6.09 Å². The number of amides is 1. The van der Waals surface area contributed by atoms with E-state index in [1.165, 1.54) is 5.56 Å². The first-order valence-corrected chi connectivity index (χ1v) is 12.1. The maximum absolute atomic E-state index is 12.3. The van der Waals surface area contributed by atoms with Gasteiger partial charge in [-0.05, 0) is 59.7 Å². The Bertz CT molecular complexity index is 1170. The molecule has 184 valence electrons. The number of carbonyl (C=O) groups excluding carboxylic acids is 1. The van der Waals surface area contributed by atoms with Crippen LogP contribution in [0.3, 0.4) is 0 Å². The Morgan fingerprint density at radius 3 is 2.49 bits per heavy atom. The summed E-state index contributed by atoms with van der Waals surface area (Å²) in [5.74, 6) is 2.84. The molecule has 0 bridgehead atoms. The second kappa shape index (κ2) is 9.94. The molecule has 0 spiro atoms. The molecule has 2 atom stereocenters. The Balaban J connectivity index is 1.43. The third kappa shape index (κ3) is 5.73. The van der Waals surface area contributed by atoms with Gasteiger partial charge in [-0.1, -0.05) is 58.9 Å². The average molecular weight is 475 g/mol. The number of carbonyl (C=O) groups is 1. The van der Waals surface area contributed by atoms with Gasteiger partial charge in [0.2, 0.25) is 5.95 Å². The largest absolute Gasteiger partial charge is 0.457 e. The first-order valence-electron chi connectivity index (χ1n) is 12.1. The Hall–Kier alpha value is -3.61. The quantitative estimate of drug-likeness (QED) is 0.410. The number of aromatic nitrogens is 2. The van der Waals surface area contributed by atoms with Gasteiger partial charge in [0.05, 0.1) is 12.1 Å². The highest BCUT2D eigenvalue weighted by Gasteiger charge is 2.37. The Morgan fingerprint density at radius 1 is 1.06 bits per heavy atom. The number of rotatable bonds is 7. The lowest BCUT2D eigenvalue weighted by atomic mass is 9.87. The molecular formula is C28H34N4O3. The zero-order valence-electron chi connectivity index (χ0n) is 21.3. The maximum Gasteiger partial charge on any atom is 0.415 e. The molecule has 0 saturated carbocycles. The number of cyclic esters (lactones) is 1. The normalized spacial score (nSPS) is 16.8. The zero-order chi connectivity index (χ0) is 25.2. The third-order valence-electron chi connectivity index (χ3n) is 6.22. The van der Waals surface area contributed by atoms with E-state index in [4.69, 9.17) is 9.47 Å². The number of ether oxygens (including phenoxy) is 2. The molecule has 1 aromatic heterocycles. The first-order chi connectivity index (χ1) is 16.6. The Labute approximate surface area is 207 Å². The van der Waals surface area contributed by atoms with Crippen LogP contribution in [0.4, 0.5) is 16.6 Å². The minimum absolute atomic E-state index is 0.0423. The van der Waals surface area contributed by atoms with Crippen molar-refractivity contribution in [2.24, 2.45) is 5.92 Å². The van der Waals surface area contributed by atoms with Crippen molar-refractivity contribution in [2.75, 3.05) is 16.8 Å². The molecule has 1 fully saturated rings. The topological polar surface area (TPSA) is 76.6 Å². The highest BCUT2D eigenvalue weighted by atomic mass is 16.6. The standard InChI is InChI=1S/C28H34N4O3/c1-18(2)24-17-34-27(33)32(24)25-14-15-29-26(31-25)30-19(3)20-10-12-22(13-11-20)35-23-9-7-8-21(16-23)28(4,5)6/h7-16,18-19,24H,17H2,1-6H3,(H,29,30,31)/t19-,24+/m0/s1. The lowest BCUT2D eigenvalue weighted by molar-refractivity contribution is 0.177. The van der Waals surface area contributed by atoms with Gasteiger partial charge in [0.15, 0.2) is 0 Å². The van der Waals surface area contributed by atoms with Crippen molar-refractivity contribution in [3.05, 3.63) is 71.9 Å². The number of hydrogen-bond donors (Lipinski definition) is 1. The molecule has 4 rings (SSSR count). The van der Waals surface area contributed by atoms with Gasteiger partial charge in [-0.25, -0.2) is 9.78 Å². The fourth-order valence-corrected chi connectivity index (χ4v) is 4.01. The minimum atomic E-state index is -0.370. The van der Waals surface area contributed by atoms with E-state index < -0.39 is 0 Å². The molecule has 2 aromatic carbocycles. The summed E-state index contributed by atoms with van der Waals surface area (Å²) in [6, 6.07) is 17.8. The van der Waals surface area contributed by atoms with Gasteiger partial charge in [0, 0.05) is 6.20 Å². The summed E-state index contributed by atoms with van der Waals surface area (Å²) in [6.45, 7) is 13.1. The second-order valence-corrected chi connectivity index (χ2v) is 10.3. The smallest absolute Gasteiger partial charge is 0.415 e. The van der Waals surface area contributed by atoms with E-state index in [1.54, 1.807) is 17.2 Å². The molecule has 0 unspecified atom stereocenters. The summed E-state index contributed by atoms with van der Waals surface area (Å²) >= 11 is 0. The molecule has 7 heteroatoms. The van der Waals surface area contributed by atoms with E-state index in [-0.39, 0.29) is 29.5 Å². The van der Waals surface area contributed by atoms with Crippen LogP contribution < -0.4 is 15.0 Å². The van der Waals surface area contributed by atoms with Crippen molar-refractivity contribution in [1.82, 2.24) is 9.97 Å². The summed E-state index contributed by atoms with van der Waals surface area (Å²) in [6.07, 6.45) is 1.29. The highest BCUT2D eigenvalue weighted by Crippen LogP contribution is 2.30. The molecule has 1 amide bonds. The number of hydrogen-bond acceptors (Lipinski definition) is 6. The van der Waals surface area contributed by atoms with E-state index in [1.807, 2.05) is 43.3 Å². The van der Waals surface area contributed by atoms with Crippen molar-refractivity contribution in [3.63, 3.8) is 0 Å². The third-order valence-corrected chi connectivity index (χ3v) is 6.22. The number of nitrogens with one attached hydrogen (secondary N) is 1. The van der Waals surface area contributed by atoms with Crippen LogP contribution in [0.5, 0.6) is 11.5 Å². The van der Waals surface area contributed by atoms with Gasteiger partial charge in [0.25, 0.3) is 0 Å². The molecule has 1 saturated heterocycles. The van der Waals surface area contributed by atoms with E-state index >= 15 is 0 Å². The van der Waals surface area contributed by atoms with Gasteiger partial charge in [-0.3, -0.25) is 4.90 Å². The molecule has 1 aliphatic rings. The number of nitrogens with zero attached hydrogens (tertiary/aromatic N) is 3. The van der Waals surface area contributed by atoms with E-state index in [2.05, 4.69) is 62.0 Å². The van der Waals surface area contributed by atoms with Gasteiger partial charge in [-0.2, -0.15) is 4.98 Å². The predicted octanol–water partition coefficient (Wildman–Crippen LogP) is 6.72. The molecule has 3 aromatic rings. The highest BCUT2D eigenvalue weighted by molar-refractivity contribution is 5.89. The van der Waals surface area contributed by atoms with Crippen LogP contribution in [0, 0.1) is 5.92 Å². The molecule has 2 heterocycles. The van der Waals surface area contributed by atoms with Crippen molar-refractivity contribution < 1.29 is 14.3 Å². The fraction of sp³-hybridized carbons (Fsp3) is 0.393. The summed E-state index contributed by atoms with van der Waals surface area (Å²) in [4.78, 5) is 22.8. The second-order valence-electron chi connectivity index (χ2n) is 10.3. The van der Waals surface area contributed by atoms with Gasteiger partial charge in [-0.15, -0.1) is 0 Å². The van der Waals surface area contributed by atoms with Crippen molar-refractivity contribution in [1.29, 1.82) is 0 Å². The summed E-state index contributed by atoms with van der Waals surface area (Å²) in [5, 5.41) is 3.33. The van der Waals surface area contributed by atoms with Crippen LogP contribution in [0.25, 0.3) is 0 Å². The van der Waals surface area contributed by atoms with Crippen molar-refractivity contribution in [3.8, 4) is 11.5 Å². The SMILES string of the molecule is CC(C)[C@H]1COC(=O)N1c1ccnc(N[C@@H](C)c2ccc(Oc3cccc(C(C)(C)C)c3)cc2)n1. The van der Waals surface area contributed by atoms with Crippen molar-refractivity contribution in [2.45, 2.75) is 59.0 Å². The van der Waals surface area contributed by atoms with Gasteiger partial charge in [0.1, 0.15) is 23.9 Å². The zero-order valence-corrected chi connectivity index (χ0v) is 21.3. The molecule has 1 N–H and O–H groups in total. The molecule has 0 aliphatic carbocycles. The summed E-state index contributed by atoms with van der Waals surface area (Å²) in [5.41, 5.74) is 2.36. The van der Waals surface area contributed by atoms with Crippen LogP contribution >= 0.6 is 0 Å². The molecule has 0 radical (unpaired) electrons. The lowest BCUT2D eigenvalue weighted by Gasteiger charge is -2.23. The minimum Gasteiger partial charge on any atom is -0.457 e. The van der Waals surface area contributed by atoms with Crippen LogP contribution in [-0.4, -0.2) is 28.7 Å². The van der Waals surface area contributed by atoms with Gasteiger partial charge < -0.3 is 14.8 Å². The predicted molar refractivity (Wildman–Crippen MR) is 138 cm³/mol. The monoisotopic (exact) mass is 474 g/mol. The van der Waals surface area contributed by atoms with E-state index in [9.17, 15) is 4.79 Å². The van der Waals surface area contributed by atoms with E-state index in [0.29, 0.717) is 18.4 Å². The lowest BCUT2D eigenvalue weighted by Crippen LogP contribution is -2.37. The van der Waals surface area contributed by atoms with Crippen LogP contribution in [-0.2, 0) is 10.2 Å². The fourth-order valence-electron chi connectivity index (χ4n) is 4.01. The molecular weight excluding hydrogens is 440 g/mol. The molecule has 1 aliphatic heterocycles. The first kappa shape index (κ1) is 24.5.